The molecule has 0 aliphatic carbocycles. The number of piperidine rings is 1. The van der Waals surface area contributed by atoms with Gasteiger partial charge in [-0.25, -0.2) is 0 Å². The molecular weight excluding hydrogens is 242 g/mol. The van der Waals surface area contributed by atoms with Gasteiger partial charge in [0, 0.05) is 5.56 Å². The fourth-order valence-corrected chi connectivity index (χ4v) is 2.32. The Kier molecular flexibility index (Phi) is 3.46. The van der Waals surface area contributed by atoms with Crippen LogP contribution in [0.1, 0.15) is 31.2 Å². The van der Waals surface area contributed by atoms with Crippen molar-refractivity contribution in [3.05, 3.63) is 30.2 Å². The van der Waals surface area contributed by atoms with E-state index < -0.39 is 0 Å². The molecule has 3 rings (SSSR count). The van der Waals surface area contributed by atoms with Crippen LogP contribution in [0.5, 0.6) is 5.75 Å². The molecule has 1 unspecified atom stereocenters. The minimum Gasteiger partial charge on any atom is -0.497 e. The summed E-state index contributed by atoms with van der Waals surface area (Å²) >= 11 is 0. The first-order valence-corrected chi connectivity index (χ1v) is 6.58. The molecule has 5 nitrogen and oxygen atoms in total. The largest absolute Gasteiger partial charge is 0.497 e. The lowest BCUT2D eigenvalue weighted by molar-refractivity contribution is 0.297. The summed E-state index contributed by atoms with van der Waals surface area (Å²) < 4.78 is 10.6. The molecule has 1 N–H and O–H groups in total. The number of hydrogen-bond donors (Lipinski definition) is 1. The molecule has 2 heterocycles. The van der Waals surface area contributed by atoms with Crippen LogP contribution in [0.15, 0.2) is 28.8 Å². The number of ether oxygens (including phenoxy) is 1. The van der Waals surface area contributed by atoms with Gasteiger partial charge in [0.25, 0.3) is 0 Å². The van der Waals surface area contributed by atoms with E-state index >= 15 is 0 Å². The van der Waals surface area contributed by atoms with Crippen LogP contribution in [-0.2, 0) is 0 Å². The Bertz CT molecular complexity index is 547. The smallest absolute Gasteiger partial charge is 0.244 e. The van der Waals surface area contributed by atoms with E-state index in [0.717, 1.165) is 24.3 Å². The Morgan fingerprint density at radius 1 is 1.37 bits per heavy atom. The molecule has 1 aromatic heterocycles. The second-order valence-corrected chi connectivity index (χ2v) is 4.69. The van der Waals surface area contributed by atoms with Crippen molar-refractivity contribution in [1.82, 2.24) is 15.5 Å². The van der Waals surface area contributed by atoms with E-state index in [1.807, 2.05) is 24.3 Å². The van der Waals surface area contributed by atoms with Gasteiger partial charge in [0.2, 0.25) is 11.7 Å². The third-order valence-electron chi connectivity index (χ3n) is 3.38. The van der Waals surface area contributed by atoms with E-state index in [1.165, 1.54) is 12.8 Å². The number of rotatable bonds is 3. The predicted octanol–water partition coefficient (Wildman–Crippen LogP) is 2.56. The topological polar surface area (TPSA) is 60.2 Å². The second kappa shape index (κ2) is 5.40. The van der Waals surface area contributed by atoms with E-state index in [1.54, 1.807) is 7.11 Å². The molecule has 5 heteroatoms. The van der Waals surface area contributed by atoms with Crippen LogP contribution in [0.4, 0.5) is 0 Å². The van der Waals surface area contributed by atoms with Crippen molar-refractivity contribution in [2.24, 2.45) is 0 Å². The van der Waals surface area contributed by atoms with E-state index in [0.29, 0.717) is 11.7 Å². The maximum Gasteiger partial charge on any atom is 0.244 e. The van der Waals surface area contributed by atoms with Crippen molar-refractivity contribution in [3.8, 4) is 17.1 Å². The molecular formula is C14H17N3O2. The highest BCUT2D eigenvalue weighted by molar-refractivity contribution is 5.56. The van der Waals surface area contributed by atoms with Crippen molar-refractivity contribution >= 4 is 0 Å². The standard InChI is InChI=1S/C14H17N3O2/c1-18-11-6-4-5-10(9-11)13-16-14(19-17-13)12-7-2-3-8-15-12/h4-6,9,12,15H,2-3,7-8H2,1H3. The maximum absolute atomic E-state index is 5.37. The van der Waals surface area contributed by atoms with Crippen LogP contribution in [0.3, 0.4) is 0 Å². The minimum atomic E-state index is 0.195. The SMILES string of the molecule is COc1cccc(-c2noc(C3CCCCN3)n2)c1. The van der Waals surface area contributed by atoms with Gasteiger partial charge in [-0.1, -0.05) is 23.7 Å². The maximum atomic E-state index is 5.37. The molecule has 0 radical (unpaired) electrons. The fraction of sp³-hybridized carbons (Fsp3) is 0.429. The Morgan fingerprint density at radius 3 is 3.11 bits per heavy atom. The number of methoxy groups -OCH3 is 1. The van der Waals surface area contributed by atoms with Crippen molar-refractivity contribution in [1.29, 1.82) is 0 Å². The van der Waals surface area contributed by atoms with Crippen molar-refractivity contribution < 1.29 is 9.26 Å². The highest BCUT2D eigenvalue weighted by Gasteiger charge is 2.21. The monoisotopic (exact) mass is 259 g/mol. The fourth-order valence-electron chi connectivity index (χ4n) is 2.32. The van der Waals surface area contributed by atoms with Gasteiger partial charge < -0.3 is 14.6 Å². The first-order valence-electron chi connectivity index (χ1n) is 6.58. The number of nitrogens with one attached hydrogen (secondary N) is 1. The van der Waals surface area contributed by atoms with Crippen molar-refractivity contribution in [2.45, 2.75) is 25.3 Å². The van der Waals surface area contributed by atoms with Gasteiger partial charge in [-0.2, -0.15) is 4.98 Å². The Balaban J connectivity index is 1.83. The predicted molar refractivity (Wildman–Crippen MR) is 70.9 cm³/mol. The van der Waals surface area contributed by atoms with Gasteiger partial charge in [0.15, 0.2) is 0 Å². The Morgan fingerprint density at radius 2 is 2.32 bits per heavy atom. The number of hydrogen-bond acceptors (Lipinski definition) is 5. The highest BCUT2D eigenvalue weighted by atomic mass is 16.5. The van der Waals surface area contributed by atoms with E-state index in [4.69, 9.17) is 9.26 Å². The lowest BCUT2D eigenvalue weighted by atomic mass is 10.1. The molecule has 19 heavy (non-hydrogen) atoms. The summed E-state index contributed by atoms with van der Waals surface area (Å²) in [5.74, 6) is 2.08. The Hall–Kier alpha value is -1.88. The number of aromatic nitrogens is 2. The van der Waals surface area contributed by atoms with Gasteiger partial charge in [-0.15, -0.1) is 0 Å². The summed E-state index contributed by atoms with van der Waals surface area (Å²) in [5.41, 5.74) is 0.908. The Labute approximate surface area is 112 Å². The lowest BCUT2D eigenvalue weighted by Crippen LogP contribution is -2.26. The summed E-state index contributed by atoms with van der Waals surface area (Å²) in [6.07, 6.45) is 3.47. The molecule has 0 spiro atoms. The summed E-state index contributed by atoms with van der Waals surface area (Å²) in [7, 11) is 1.65. The van der Waals surface area contributed by atoms with Crippen LogP contribution >= 0.6 is 0 Å². The average Bonchev–Trinajstić information content (AvgIpc) is 2.98. The first-order chi connectivity index (χ1) is 9.36. The lowest BCUT2D eigenvalue weighted by Gasteiger charge is -2.19. The summed E-state index contributed by atoms with van der Waals surface area (Å²) in [5, 5.41) is 7.46. The van der Waals surface area contributed by atoms with Crippen LogP contribution in [0.25, 0.3) is 11.4 Å². The number of benzene rings is 1. The third-order valence-corrected chi connectivity index (χ3v) is 3.38. The van der Waals surface area contributed by atoms with E-state index in [-0.39, 0.29) is 6.04 Å². The average molecular weight is 259 g/mol. The summed E-state index contributed by atoms with van der Waals surface area (Å²) in [6.45, 7) is 1.02. The molecule has 0 amide bonds. The highest BCUT2D eigenvalue weighted by Crippen LogP contribution is 2.25. The quantitative estimate of drug-likeness (QED) is 0.918. The van der Waals surface area contributed by atoms with Crippen LogP contribution in [-0.4, -0.2) is 23.8 Å². The summed E-state index contributed by atoms with van der Waals surface area (Å²) in [4.78, 5) is 4.48. The minimum absolute atomic E-state index is 0.195. The van der Waals surface area contributed by atoms with Gasteiger partial charge in [-0.3, -0.25) is 0 Å². The summed E-state index contributed by atoms with van der Waals surface area (Å²) in [6, 6.07) is 7.87. The molecule has 1 atom stereocenters. The van der Waals surface area contributed by atoms with Crippen LogP contribution in [0, 0.1) is 0 Å². The van der Waals surface area contributed by atoms with Crippen molar-refractivity contribution in [2.75, 3.05) is 13.7 Å². The van der Waals surface area contributed by atoms with Crippen molar-refractivity contribution in [3.63, 3.8) is 0 Å². The molecule has 1 fully saturated rings. The first kappa shape index (κ1) is 12.2. The van der Waals surface area contributed by atoms with Gasteiger partial charge in [0.1, 0.15) is 5.75 Å². The molecule has 1 aromatic carbocycles. The van der Waals surface area contributed by atoms with Crippen LogP contribution < -0.4 is 10.1 Å². The molecule has 1 aliphatic heterocycles. The molecule has 0 saturated carbocycles. The van der Waals surface area contributed by atoms with Crippen LogP contribution in [0.2, 0.25) is 0 Å². The molecule has 0 bridgehead atoms. The zero-order valence-electron chi connectivity index (χ0n) is 10.9. The molecule has 1 saturated heterocycles. The molecule has 2 aromatic rings. The second-order valence-electron chi connectivity index (χ2n) is 4.69. The van der Waals surface area contributed by atoms with Gasteiger partial charge >= 0.3 is 0 Å². The van der Waals surface area contributed by atoms with Gasteiger partial charge in [-0.05, 0) is 31.5 Å². The van der Waals surface area contributed by atoms with Gasteiger partial charge in [0.05, 0.1) is 13.2 Å². The third kappa shape index (κ3) is 2.61. The zero-order chi connectivity index (χ0) is 13.1. The normalized spacial score (nSPS) is 19.3. The van der Waals surface area contributed by atoms with E-state index in [9.17, 15) is 0 Å². The zero-order valence-corrected chi connectivity index (χ0v) is 10.9. The molecule has 100 valence electrons. The number of nitrogens with zero attached hydrogens (tertiary/aromatic N) is 2. The van der Waals surface area contributed by atoms with E-state index in [2.05, 4.69) is 15.5 Å². The molecule has 1 aliphatic rings.